The van der Waals surface area contributed by atoms with Crippen molar-refractivity contribution in [1.29, 1.82) is 0 Å². The Bertz CT molecular complexity index is 709. The van der Waals surface area contributed by atoms with Crippen LogP contribution in [0.5, 0.6) is 0 Å². The molecule has 0 bridgehead atoms. The number of benzene rings is 2. The van der Waals surface area contributed by atoms with Gasteiger partial charge in [-0.1, -0.05) is 60.7 Å². The number of aryl methyl sites for hydroxylation is 2. The maximum Gasteiger partial charge on any atom is 0.259 e. The Morgan fingerprint density at radius 3 is 1.97 bits per heavy atom. The van der Waals surface area contributed by atoms with Gasteiger partial charge in [-0.2, -0.15) is 0 Å². The first-order valence-electron chi connectivity index (χ1n) is 11.4. The minimum atomic E-state index is -0.00646. The Morgan fingerprint density at radius 2 is 1.43 bits per heavy atom. The molecule has 1 N–H and O–H groups in total. The van der Waals surface area contributed by atoms with Crippen molar-refractivity contribution in [2.45, 2.75) is 38.5 Å². The van der Waals surface area contributed by atoms with Gasteiger partial charge in [-0.15, -0.1) is 0 Å². The summed E-state index contributed by atoms with van der Waals surface area (Å²) in [7, 11) is 0. The molecular formula is C26H35N3O. The van der Waals surface area contributed by atoms with Crippen LogP contribution in [0.15, 0.2) is 65.7 Å². The number of nitrogens with one attached hydrogen (secondary N) is 1. The fourth-order valence-corrected chi connectivity index (χ4v) is 4.01. The molecule has 0 radical (unpaired) electrons. The monoisotopic (exact) mass is 405 g/mol. The van der Waals surface area contributed by atoms with Gasteiger partial charge in [0.25, 0.3) is 5.91 Å². The molecule has 160 valence electrons. The van der Waals surface area contributed by atoms with Crippen LogP contribution >= 0.6 is 0 Å². The average Bonchev–Trinajstić information content (AvgIpc) is 2.79. The molecule has 0 aromatic heterocycles. The number of carbonyl (C=O) groups excluding carboxylic acids is 1. The molecule has 2 aromatic rings. The topological polar surface area (TPSA) is 44.7 Å². The van der Waals surface area contributed by atoms with E-state index in [1.165, 1.54) is 11.1 Å². The van der Waals surface area contributed by atoms with Crippen LogP contribution in [0, 0.1) is 5.92 Å². The van der Waals surface area contributed by atoms with Crippen LogP contribution in [-0.2, 0) is 17.6 Å². The number of hydrogen-bond acceptors (Lipinski definition) is 3. The molecule has 1 aliphatic heterocycles. The molecular weight excluding hydrogens is 370 g/mol. The predicted octanol–water partition coefficient (Wildman–Crippen LogP) is 4.15. The molecule has 0 atom stereocenters. The van der Waals surface area contributed by atoms with E-state index in [9.17, 15) is 4.79 Å². The van der Waals surface area contributed by atoms with Gasteiger partial charge >= 0.3 is 0 Å². The molecule has 3 rings (SSSR count). The summed E-state index contributed by atoms with van der Waals surface area (Å²) in [6, 6.07) is 21.3. The summed E-state index contributed by atoms with van der Waals surface area (Å²) in [4.78, 5) is 18.9. The highest BCUT2D eigenvalue weighted by atomic mass is 16.1. The van der Waals surface area contributed by atoms with E-state index in [1.54, 1.807) is 0 Å². The third-order valence-corrected chi connectivity index (χ3v) is 5.76. The average molecular weight is 406 g/mol. The third kappa shape index (κ3) is 8.60. The number of nitrogens with zero attached hydrogens (tertiary/aromatic N) is 2. The lowest BCUT2D eigenvalue weighted by molar-refractivity contribution is -0.119. The minimum absolute atomic E-state index is 0.00646. The molecule has 2 aromatic carbocycles. The summed E-state index contributed by atoms with van der Waals surface area (Å²) in [5.74, 6) is 0.359. The molecule has 1 amide bonds. The number of hydrogen-bond donors (Lipinski definition) is 1. The van der Waals surface area contributed by atoms with E-state index in [-0.39, 0.29) is 5.91 Å². The normalized spacial score (nSPS) is 15.1. The lowest BCUT2D eigenvalue weighted by atomic mass is 9.94. The molecule has 1 saturated heterocycles. The van der Waals surface area contributed by atoms with E-state index in [4.69, 9.17) is 0 Å². The Kier molecular flexibility index (Phi) is 9.77. The van der Waals surface area contributed by atoms with Crippen LogP contribution in [0.3, 0.4) is 0 Å². The second-order valence-corrected chi connectivity index (χ2v) is 8.21. The summed E-state index contributed by atoms with van der Waals surface area (Å²) in [6.45, 7) is 4.22. The van der Waals surface area contributed by atoms with Crippen molar-refractivity contribution >= 4 is 12.1 Å². The van der Waals surface area contributed by atoms with E-state index < -0.39 is 0 Å². The van der Waals surface area contributed by atoms with Crippen molar-refractivity contribution in [3.8, 4) is 0 Å². The molecule has 4 nitrogen and oxygen atoms in total. The number of piperazine rings is 1. The summed E-state index contributed by atoms with van der Waals surface area (Å²) in [5.41, 5.74) is 2.76. The fourth-order valence-electron chi connectivity index (χ4n) is 4.01. The van der Waals surface area contributed by atoms with Crippen LogP contribution in [0.2, 0.25) is 0 Å². The van der Waals surface area contributed by atoms with Crippen molar-refractivity contribution in [3.05, 3.63) is 71.8 Å². The first-order valence-corrected chi connectivity index (χ1v) is 11.4. The molecule has 30 heavy (non-hydrogen) atoms. The first kappa shape index (κ1) is 22.4. The van der Waals surface area contributed by atoms with E-state index in [0.717, 1.165) is 64.7 Å². The zero-order chi connectivity index (χ0) is 20.9. The Morgan fingerprint density at radius 1 is 0.900 bits per heavy atom. The Hall–Kier alpha value is -2.30. The fraction of sp³-hybridized carbons (Fsp3) is 0.462. The highest BCUT2D eigenvalue weighted by Crippen LogP contribution is 2.16. The van der Waals surface area contributed by atoms with Gasteiger partial charge in [0.05, 0.1) is 6.54 Å². The highest BCUT2D eigenvalue weighted by molar-refractivity contribution is 5.87. The lowest BCUT2D eigenvalue weighted by Gasteiger charge is -2.25. The molecule has 0 spiro atoms. The van der Waals surface area contributed by atoms with E-state index >= 15 is 0 Å². The summed E-state index contributed by atoms with van der Waals surface area (Å²) >= 11 is 0. The van der Waals surface area contributed by atoms with Crippen LogP contribution in [-0.4, -0.2) is 49.7 Å². The standard InChI is InChI=1S/C26H35N3O/c30-26(22-29-19-17-27-18-20-29)28-21-25(15-7-13-23-9-3-1-4-10-23)16-8-14-24-11-5-2-6-12-24/h1-6,9-12,21,25,27H,7-8,13-20,22H2. The van der Waals surface area contributed by atoms with Gasteiger partial charge in [0.1, 0.15) is 0 Å². The molecule has 4 heteroatoms. The molecule has 0 aliphatic carbocycles. The quantitative estimate of drug-likeness (QED) is 0.571. The van der Waals surface area contributed by atoms with Crippen molar-refractivity contribution < 1.29 is 4.79 Å². The van der Waals surface area contributed by atoms with E-state index in [2.05, 4.69) is 75.9 Å². The van der Waals surface area contributed by atoms with Crippen molar-refractivity contribution in [2.24, 2.45) is 10.9 Å². The van der Waals surface area contributed by atoms with E-state index in [1.807, 2.05) is 6.21 Å². The van der Waals surface area contributed by atoms with Gasteiger partial charge in [-0.05, 0) is 55.6 Å². The SMILES string of the molecule is O=C(CN1CCNCC1)N=CC(CCCc1ccccc1)CCCc1ccccc1. The summed E-state index contributed by atoms with van der Waals surface area (Å²) in [6.07, 6.45) is 8.51. The second kappa shape index (κ2) is 13.1. The third-order valence-electron chi connectivity index (χ3n) is 5.76. The van der Waals surface area contributed by atoms with Gasteiger partial charge in [-0.25, -0.2) is 4.99 Å². The predicted molar refractivity (Wildman–Crippen MR) is 125 cm³/mol. The highest BCUT2D eigenvalue weighted by Gasteiger charge is 2.13. The maximum absolute atomic E-state index is 12.3. The first-order chi connectivity index (χ1) is 14.8. The smallest absolute Gasteiger partial charge is 0.259 e. The van der Waals surface area contributed by atoms with Crippen molar-refractivity contribution in [1.82, 2.24) is 10.2 Å². The Balaban J connectivity index is 1.48. The summed E-state index contributed by atoms with van der Waals surface area (Å²) in [5, 5.41) is 3.32. The summed E-state index contributed by atoms with van der Waals surface area (Å²) < 4.78 is 0. The second-order valence-electron chi connectivity index (χ2n) is 8.21. The molecule has 1 aliphatic rings. The molecule has 0 saturated carbocycles. The van der Waals surface area contributed by atoms with Crippen molar-refractivity contribution in [3.63, 3.8) is 0 Å². The van der Waals surface area contributed by atoms with Gasteiger partial charge in [0.2, 0.25) is 0 Å². The van der Waals surface area contributed by atoms with Crippen LogP contribution < -0.4 is 5.32 Å². The van der Waals surface area contributed by atoms with E-state index in [0.29, 0.717) is 12.5 Å². The Labute approximate surface area is 181 Å². The van der Waals surface area contributed by atoms with Gasteiger partial charge < -0.3 is 5.32 Å². The van der Waals surface area contributed by atoms with Gasteiger partial charge in [-0.3, -0.25) is 9.69 Å². The van der Waals surface area contributed by atoms with Crippen LogP contribution in [0.4, 0.5) is 0 Å². The van der Waals surface area contributed by atoms with Crippen LogP contribution in [0.25, 0.3) is 0 Å². The van der Waals surface area contributed by atoms with Crippen LogP contribution in [0.1, 0.15) is 36.8 Å². The molecule has 1 heterocycles. The zero-order valence-electron chi connectivity index (χ0n) is 18.0. The number of amides is 1. The lowest BCUT2D eigenvalue weighted by Crippen LogP contribution is -2.45. The number of rotatable bonds is 11. The minimum Gasteiger partial charge on any atom is -0.314 e. The van der Waals surface area contributed by atoms with Gasteiger partial charge in [0.15, 0.2) is 0 Å². The maximum atomic E-state index is 12.3. The molecule has 1 fully saturated rings. The number of carbonyl (C=O) groups is 1. The zero-order valence-corrected chi connectivity index (χ0v) is 18.0. The largest absolute Gasteiger partial charge is 0.314 e. The van der Waals surface area contributed by atoms with Gasteiger partial charge in [0, 0.05) is 32.4 Å². The number of aliphatic imine (C=N–C) groups is 1. The van der Waals surface area contributed by atoms with Crippen molar-refractivity contribution in [2.75, 3.05) is 32.7 Å². The molecule has 0 unspecified atom stereocenters.